The van der Waals surface area contributed by atoms with Crippen molar-refractivity contribution in [3.8, 4) is 16.9 Å². The molecule has 11 rings (SSSR count). The number of imide groups is 1. The molecule has 1 aliphatic carbocycles. The summed E-state index contributed by atoms with van der Waals surface area (Å²) < 4.78 is 59.8. The molecule has 6 heterocycles. The number of hydrogen-bond acceptors (Lipinski definition) is 13. The van der Waals surface area contributed by atoms with Crippen molar-refractivity contribution in [1.29, 1.82) is 0 Å². The van der Waals surface area contributed by atoms with Crippen LogP contribution in [0.1, 0.15) is 108 Å². The van der Waals surface area contributed by atoms with Gasteiger partial charge in [0.25, 0.3) is 5.91 Å². The van der Waals surface area contributed by atoms with Gasteiger partial charge in [-0.2, -0.15) is 18.3 Å². The van der Waals surface area contributed by atoms with Crippen molar-refractivity contribution in [1.82, 2.24) is 30.0 Å². The van der Waals surface area contributed by atoms with E-state index < -0.39 is 29.2 Å². The first-order chi connectivity index (χ1) is 37.2. The minimum Gasteiger partial charge on any atom is -0.493 e. The van der Waals surface area contributed by atoms with Gasteiger partial charge in [-0.05, 0) is 161 Å². The van der Waals surface area contributed by atoms with Gasteiger partial charge in [-0.1, -0.05) is 41.7 Å². The number of aromatic nitrogens is 4. The van der Waals surface area contributed by atoms with Crippen LogP contribution < -0.4 is 25.6 Å². The average molecular weight is 1080 g/mol. The Bertz CT molecular complexity index is 3500. The highest BCUT2D eigenvalue weighted by atomic mass is 32.1. The molecule has 3 N–H and O–H groups in total. The molecule has 16 nitrogen and oxygen atoms in total. The maximum absolute atomic E-state index is 15.1. The van der Waals surface area contributed by atoms with E-state index >= 15 is 13.2 Å². The molecule has 3 fully saturated rings. The Morgan fingerprint density at radius 2 is 1.65 bits per heavy atom. The van der Waals surface area contributed by atoms with Crippen molar-refractivity contribution in [3.05, 3.63) is 125 Å². The van der Waals surface area contributed by atoms with Crippen LogP contribution in [0, 0.1) is 11.3 Å². The quantitative estimate of drug-likeness (QED) is 0.0777. The van der Waals surface area contributed by atoms with Crippen LogP contribution in [-0.4, -0.2) is 92.6 Å². The van der Waals surface area contributed by atoms with Gasteiger partial charge in [0.1, 0.15) is 17.2 Å². The van der Waals surface area contributed by atoms with Crippen molar-refractivity contribution in [2.24, 2.45) is 18.4 Å². The normalized spacial score (nSPS) is 17.9. The first-order valence-corrected chi connectivity index (χ1v) is 27.0. The number of pyridine rings is 1. The number of hydrogen-bond donors (Lipinski definition) is 3. The number of amides is 4. The fourth-order valence-electron chi connectivity index (χ4n) is 11.6. The van der Waals surface area contributed by atoms with E-state index in [1.54, 1.807) is 50.7 Å². The zero-order valence-corrected chi connectivity index (χ0v) is 44.4. The minimum absolute atomic E-state index is 0.0433. The highest BCUT2D eigenvalue weighted by Gasteiger charge is 2.46. The molecule has 78 heavy (non-hydrogen) atoms. The molecule has 1 atom stereocenters. The number of nitrogens with one attached hydrogen (secondary N) is 3. The van der Waals surface area contributed by atoms with E-state index in [2.05, 4.69) is 30.9 Å². The number of carbonyl (C=O) groups is 5. The number of benzene rings is 4. The molecule has 1 saturated carbocycles. The summed E-state index contributed by atoms with van der Waals surface area (Å²) in [5.74, 6) is -1.98. The predicted molar refractivity (Wildman–Crippen MR) is 289 cm³/mol. The first-order valence-electron chi connectivity index (χ1n) is 26.2. The largest absolute Gasteiger partial charge is 0.493 e. The van der Waals surface area contributed by atoms with Gasteiger partial charge < -0.3 is 19.7 Å². The Morgan fingerprint density at radius 1 is 0.872 bits per heavy atom. The van der Waals surface area contributed by atoms with Gasteiger partial charge in [-0.25, -0.2) is 14.8 Å². The molecule has 3 aromatic heterocycles. The van der Waals surface area contributed by atoms with E-state index in [-0.39, 0.29) is 83.6 Å². The summed E-state index contributed by atoms with van der Waals surface area (Å²) in [4.78, 5) is 78.5. The highest BCUT2D eigenvalue weighted by Crippen LogP contribution is 2.53. The smallest absolute Gasteiger partial charge is 0.417 e. The fraction of sp³-hybridized carbons (Fsp3) is 0.379. The highest BCUT2D eigenvalue weighted by molar-refractivity contribution is 7.22. The molecular weight excluding hydrogens is 1020 g/mol. The van der Waals surface area contributed by atoms with Crippen molar-refractivity contribution < 1.29 is 46.6 Å². The molecule has 404 valence electrons. The number of rotatable bonds is 12. The Balaban J connectivity index is 0.721. The van der Waals surface area contributed by atoms with E-state index in [1.165, 1.54) is 29.5 Å². The Hall–Kier alpha value is -7.71. The van der Waals surface area contributed by atoms with Gasteiger partial charge in [0.05, 0.1) is 46.1 Å². The number of esters is 1. The van der Waals surface area contributed by atoms with E-state index in [1.807, 2.05) is 53.4 Å². The topological polar surface area (TPSA) is 190 Å². The van der Waals surface area contributed by atoms with E-state index in [4.69, 9.17) is 14.5 Å². The van der Waals surface area contributed by atoms with Crippen molar-refractivity contribution >= 4 is 78.7 Å². The minimum atomic E-state index is -4.82. The third-order valence-corrected chi connectivity index (χ3v) is 16.3. The van der Waals surface area contributed by atoms with E-state index in [0.717, 1.165) is 77.1 Å². The lowest BCUT2D eigenvalue weighted by atomic mass is 9.58. The summed E-state index contributed by atoms with van der Waals surface area (Å²) >= 11 is 1.37. The molecular formula is C58H58F3N9O7S. The number of nitrogens with zero attached hydrogens (tertiary/aromatic N) is 6. The zero-order chi connectivity index (χ0) is 54.7. The van der Waals surface area contributed by atoms with Crippen LogP contribution >= 0.6 is 11.3 Å². The van der Waals surface area contributed by atoms with Crippen molar-refractivity contribution in [3.63, 3.8) is 0 Å². The summed E-state index contributed by atoms with van der Waals surface area (Å²) in [6.07, 6.45) is -0.138. The molecule has 1 spiro atoms. The lowest BCUT2D eigenvalue weighted by Crippen LogP contribution is -2.49. The van der Waals surface area contributed by atoms with E-state index in [9.17, 15) is 24.0 Å². The number of alkyl halides is 3. The number of anilines is 3. The molecule has 4 aliphatic rings. The van der Waals surface area contributed by atoms with Crippen LogP contribution in [-0.2, 0) is 45.3 Å². The Morgan fingerprint density at radius 3 is 2.41 bits per heavy atom. The van der Waals surface area contributed by atoms with Gasteiger partial charge in [-0.3, -0.25) is 39.4 Å². The summed E-state index contributed by atoms with van der Waals surface area (Å²) in [5, 5.41) is 14.2. The number of aryl methyl sites for hydroxylation is 1. The number of carbonyl (C=O) groups excluding carboxylic acids is 5. The second-order valence-corrected chi connectivity index (χ2v) is 23.0. The third kappa shape index (κ3) is 10.9. The molecule has 7 aromatic rings. The van der Waals surface area contributed by atoms with Gasteiger partial charge >= 0.3 is 12.1 Å². The van der Waals surface area contributed by atoms with Gasteiger partial charge in [-0.15, -0.1) is 0 Å². The van der Waals surface area contributed by atoms with Gasteiger partial charge in [0, 0.05) is 48.8 Å². The maximum Gasteiger partial charge on any atom is 0.417 e. The van der Waals surface area contributed by atoms with Gasteiger partial charge in [0.15, 0.2) is 10.8 Å². The molecule has 3 aliphatic heterocycles. The summed E-state index contributed by atoms with van der Waals surface area (Å²) in [6.45, 7) is 7.67. The third-order valence-electron chi connectivity index (χ3n) is 15.4. The zero-order valence-electron chi connectivity index (χ0n) is 43.6. The van der Waals surface area contributed by atoms with Crippen LogP contribution in [0.15, 0.2) is 91.0 Å². The monoisotopic (exact) mass is 1080 g/mol. The fourth-order valence-corrected chi connectivity index (χ4v) is 12.4. The summed E-state index contributed by atoms with van der Waals surface area (Å²) in [5.41, 5.74) is 2.51. The number of ether oxygens (including phenoxy) is 2. The first kappa shape index (κ1) is 52.3. The molecule has 1 unspecified atom stereocenters. The molecule has 0 bridgehead atoms. The molecule has 0 radical (unpaired) electrons. The number of likely N-dealkylation sites (tertiary alicyclic amines) is 1. The molecule has 20 heteroatoms. The van der Waals surface area contributed by atoms with Crippen LogP contribution in [0.2, 0.25) is 0 Å². The van der Waals surface area contributed by atoms with Crippen LogP contribution in [0.4, 0.5) is 29.8 Å². The van der Waals surface area contributed by atoms with Crippen LogP contribution in [0.5, 0.6) is 5.75 Å². The predicted octanol–water partition coefficient (Wildman–Crippen LogP) is 10.1. The molecule has 4 amide bonds. The average Bonchev–Trinajstić information content (AvgIpc) is 3.96. The lowest BCUT2D eigenvalue weighted by Gasteiger charge is -2.52. The summed E-state index contributed by atoms with van der Waals surface area (Å²) in [6, 6.07) is 25.5. The van der Waals surface area contributed by atoms with Crippen LogP contribution in [0.3, 0.4) is 0 Å². The number of halogens is 3. The van der Waals surface area contributed by atoms with E-state index in [0.29, 0.717) is 47.3 Å². The second kappa shape index (κ2) is 20.6. The second-order valence-electron chi connectivity index (χ2n) is 22.0. The summed E-state index contributed by atoms with van der Waals surface area (Å²) in [7, 11) is 1.78. The maximum atomic E-state index is 15.1. The molecule has 4 aromatic carbocycles. The Kier molecular flexibility index (Phi) is 13.8. The molecule has 2 saturated heterocycles. The van der Waals surface area contributed by atoms with Crippen molar-refractivity contribution in [2.45, 2.75) is 90.0 Å². The number of thiazole rings is 1. The van der Waals surface area contributed by atoms with Gasteiger partial charge in [0.2, 0.25) is 17.7 Å². The lowest BCUT2D eigenvalue weighted by molar-refractivity contribution is -0.137. The number of fused-ring (bicyclic) bond motifs is 3. The number of para-hydroxylation sites is 1. The van der Waals surface area contributed by atoms with Crippen LogP contribution in [0.25, 0.3) is 32.2 Å². The van der Waals surface area contributed by atoms with Crippen molar-refractivity contribution in [2.75, 3.05) is 48.3 Å². The standard InChI is InChI=1S/C58H58F3N9O7S/c1-56(2,3)77-54(75)51-38(16-18-47(64-51)70-23-20-34-8-7-9-39(42(34)30-70)52(73)66-55-63-44-10-5-6-11-46(44)78-55)37-15-13-36(27-43(37)58(59,60)61)76-32-33-28-57(29-33)21-24-69(25-22-57)31-49(72)62-35-12-14-40-45(26-35)68(4)67-50(40)41-17-19-48(71)65-53(41)74/h5-16,18,26-27,33,41H,17,19-25,28-32H2,1-4H3,(H,62,72)(H,63,66,73)(H,65,71,74). The SMILES string of the molecule is Cn1nc(C2CCC(=O)NC2=O)c2ccc(NC(=O)CN3CCC4(CC3)CC(COc3ccc(-c5ccc(N6CCc7cccc(C(=O)Nc8nc9ccccc9s8)c7C6)nc5C(=O)OC(C)(C)C)c(C(F)(F)F)c3)C4)cc21. The number of piperidine rings is 2. The Labute approximate surface area is 451 Å².